The number of carbonyl (C=O) groups is 2. The predicted octanol–water partition coefficient (Wildman–Crippen LogP) is 2.15. The van der Waals surface area contributed by atoms with Gasteiger partial charge in [-0.05, 0) is 13.8 Å². The fraction of sp³-hybridized carbons (Fsp3) is 0.500. The SMILES string of the molecule is C=CCOP(=O)(OCC=C)C(C(=O)O)C(C)(C)C(=O)O. The lowest BCUT2D eigenvalue weighted by molar-refractivity contribution is -0.153. The first-order chi connectivity index (χ1) is 9.13. The highest BCUT2D eigenvalue weighted by Crippen LogP contribution is 2.58. The normalized spacial score (nSPS) is 13.5. The molecule has 2 N–H and O–H groups in total. The van der Waals surface area contributed by atoms with E-state index in [1.165, 1.54) is 12.2 Å². The molecule has 0 bridgehead atoms. The van der Waals surface area contributed by atoms with Crippen molar-refractivity contribution in [3.05, 3.63) is 25.3 Å². The van der Waals surface area contributed by atoms with Crippen LogP contribution >= 0.6 is 7.60 Å². The molecule has 1 unspecified atom stereocenters. The summed E-state index contributed by atoms with van der Waals surface area (Å²) in [7, 11) is -4.22. The molecular formula is C12H19O7P. The van der Waals surface area contributed by atoms with Gasteiger partial charge in [0.1, 0.15) is 0 Å². The molecule has 0 aromatic rings. The van der Waals surface area contributed by atoms with E-state index < -0.39 is 30.6 Å². The molecule has 0 aliphatic heterocycles. The van der Waals surface area contributed by atoms with Gasteiger partial charge in [0.15, 0.2) is 5.66 Å². The largest absolute Gasteiger partial charge is 0.481 e. The van der Waals surface area contributed by atoms with Gasteiger partial charge in [0.25, 0.3) is 0 Å². The zero-order valence-electron chi connectivity index (χ0n) is 11.4. The predicted molar refractivity (Wildman–Crippen MR) is 72.7 cm³/mol. The van der Waals surface area contributed by atoms with Gasteiger partial charge in [-0.2, -0.15) is 0 Å². The standard InChI is InChI=1S/C12H19O7P/c1-5-7-18-20(17,19-8-6-2)9(10(13)14)12(3,4)11(15)16/h5-6,9H,1-2,7-8H2,3-4H3,(H,13,14)(H,15,16). The minimum Gasteiger partial charge on any atom is -0.481 e. The summed E-state index contributed by atoms with van der Waals surface area (Å²) in [6, 6.07) is 0. The number of hydrogen-bond donors (Lipinski definition) is 2. The van der Waals surface area contributed by atoms with Gasteiger partial charge in [0.05, 0.1) is 18.6 Å². The molecule has 114 valence electrons. The second-order valence-corrected chi connectivity index (χ2v) is 6.59. The maximum atomic E-state index is 12.6. The summed E-state index contributed by atoms with van der Waals surface area (Å²) in [5.41, 5.74) is -3.70. The van der Waals surface area contributed by atoms with Crippen molar-refractivity contribution in [2.45, 2.75) is 19.5 Å². The number of aliphatic carboxylic acids is 2. The van der Waals surface area contributed by atoms with Gasteiger partial charge in [-0.25, -0.2) is 0 Å². The van der Waals surface area contributed by atoms with Crippen LogP contribution in [0.25, 0.3) is 0 Å². The van der Waals surface area contributed by atoms with Crippen molar-refractivity contribution >= 4 is 19.5 Å². The van der Waals surface area contributed by atoms with Gasteiger partial charge in [0.2, 0.25) is 0 Å². The van der Waals surface area contributed by atoms with E-state index in [-0.39, 0.29) is 13.2 Å². The average molecular weight is 306 g/mol. The van der Waals surface area contributed by atoms with Gasteiger partial charge < -0.3 is 19.3 Å². The van der Waals surface area contributed by atoms with Crippen LogP contribution in [0.3, 0.4) is 0 Å². The van der Waals surface area contributed by atoms with Crippen molar-refractivity contribution in [2.24, 2.45) is 5.41 Å². The molecule has 0 amide bonds. The monoisotopic (exact) mass is 306 g/mol. The van der Waals surface area contributed by atoms with Crippen LogP contribution in [0.5, 0.6) is 0 Å². The maximum absolute atomic E-state index is 12.6. The van der Waals surface area contributed by atoms with Crippen molar-refractivity contribution in [2.75, 3.05) is 13.2 Å². The summed E-state index contributed by atoms with van der Waals surface area (Å²) >= 11 is 0. The van der Waals surface area contributed by atoms with E-state index in [4.69, 9.17) is 14.2 Å². The average Bonchev–Trinajstić information content (AvgIpc) is 2.33. The fourth-order valence-electron chi connectivity index (χ4n) is 1.46. The molecule has 20 heavy (non-hydrogen) atoms. The van der Waals surface area contributed by atoms with E-state index in [0.717, 1.165) is 13.8 Å². The molecule has 0 saturated carbocycles. The summed E-state index contributed by atoms with van der Waals surface area (Å²) < 4.78 is 22.6. The molecular weight excluding hydrogens is 287 g/mol. The molecule has 0 aliphatic rings. The smallest absolute Gasteiger partial charge is 0.346 e. The molecule has 0 heterocycles. The topological polar surface area (TPSA) is 110 Å². The van der Waals surface area contributed by atoms with Crippen LogP contribution in [0.1, 0.15) is 13.8 Å². The fourth-order valence-corrected chi connectivity index (χ4v) is 3.63. The van der Waals surface area contributed by atoms with Gasteiger partial charge in [0, 0.05) is 0 Å². The van der Waals surface area contributed by atoms with Gasteiger partial charge >= 0.3 is 19.5 Å². The van der Waals surface area contributed by atoms with E-state index in [9.17, 15) is 19.3 Å². The minimum absolute atomic E-state index is 0.228. The number of carboxylic acid groups (broad SMARTS) is 2. The Balaban J connectivity index is 5.71. The molecule has 0 saturated heterocycles. The minimum atomic E-state index is -4.22. The molecule has 0 aromatic heterocycles. The van der Waals surface area contributed by atoms with Crippen molar-refractivity contribution in [3.8, 4) is 0 Å². The summed E-state index contributed by atoms with van der Waals surface area (Å²) in [4.78, 5) is 22.6. The van der Waals surface area contributed by atoms with Crippen LogP contribution < -0.4 is 0 Å². The van der Waals surface area contributed by atoms with Crippen molar-refractivity contribution in [3.63, 3.8) is 0 Å². The maximum Gasteiger partial charge on any atom is 0.346 e. The van der Waals surface area contributed by atoms with E-state index in [1.54, 1.807) is 0 Å². The zero-order valence-corrected chi connectivity index (χ0v) is 12.3. The summed E-state index contributed by atoms with van der Waals surface area (Å²) in [5.74, 6) is -3.00. The van der Waals surface area contributed by atoms with Crippen LogP contribution in [0.4, 0.5) is 0 Å². The van der Waals surface area contributed by atoms with E-state index in [1.807, 2.05) is 0 Å². The van der Waals surface area contributed by atoms with Crippen molar-refractivity contribution < 1.29 is 33.4 Å². The zero-order chi connectivity index (χ0) is 16.0. The lowest BCUT2D eigenvalue weighted by Crippen LogP contribution is -2.43. The van der Waals surface area contributed by atoms with Crippen molar-refractivity contribution in [1.82, 2.24) is 0 Å². The quantitative estimate of drug-likeness (QED) is 0.470. The molecule has 1 atom stereocenters. The Morgan fingerprint density at radius 1 is 1.20 bits per heavy atom. The van der Waals surface area contributed by atoms with Gasteiger partial charge in [-0.3, -0.25) is 14.2 Å². The third kappa shape index (κ3) is 4.30. The molecule has 0 radical (unpaired) electrons. The lowest BCUT2D eigenvalue weighted by atomic mass is 9.89. The molecule has 0 rings (SSSR count). The summed E-state index contributed by atoms with van der Waals surface area (Å²) in [6.07, 6.45) is 2.52. The van der Waals surface area contributed by atoms with Crippen LogP contribution in [-0.4, -0.2) is 41.0 Å². The molecule has 0 fully saturated rings. The molecule has 0 aromatic carbocycles. The first kappa shape index (κ1) is 18.6. The Hall–Kier alpha value is -1.43. The van der Waals surface area contributed by atoms with Crippen LogP contribution in [0, 0.1) is 5.41 Å². The molecule has 0 spiro atoms. The highest BCUT2D eigenvalue weighted by Gasteiger charge is 2.54. The highest BCUT2D eigenvalue weighted by atomic mass is 31.2. The molecule has 0 aliphatic carbocycles. The Labute approximate surface area is 117 Å². The van der Waals surface area contributed by atoms with Crippen LogP contribution in [0.15, 0.2) is 25.3 Å². The Kier molecular flexibility index (Phi) is 6.85. The summed E-state index contributed by atoms with van der Waals surface area (Å²) in [6.45, 7) is 8.56. The molecule has 8 heteroatoms. The third-order valence-corrected chi connectivity index (χ3v) is 5.05. The van der Waals surface area contributed by atoms with Crippen molar-refractivity contribution in [1.29, 1.82) is 0 Å². The molecule has 7 nitrogen and oxygen atoms in total. The van der Waals surface area contributed by atoms with E-state index in [0.29, 0.717) is 0 Å². The second kappa shape index (κ2) is 7.38. The summed E-state index contributed by atoms with van der Waals surface area (Å²) in [5, 5.41) is 18.4. The number of hydrogen-bond acceptors (Lipinski definition) is 5. The van der Waals surface area contributed by atoms with Crippen LogP contribution in [-0.2, 0) is 23.2 Å². The van der Waals surface area contributed by atoms with Gasteiger partial charge in [-0.1, -0.05) is 12.2 Å². The Bertz CT molecular complexity index is 425. The first-order valence-corrected chi connectivity index (χ1v) is 7.31. The Morgan fingerprint density at radius 3 is 1.85 bits per heavy atom. The number of carboxylic acids is 2. The number of rotatable bonds is 10. The van der Waals surface area contributed by atoms with E-state index >= 15 is 0 Å². The van der Waals surface area contributed by atoms with E-state index in [2.05, 4.69) is 13.2 Å². The first-order valence-electron chi connectivity index (χ1n) is 5.70. The Morgan fingerprint density at radius 2 is 1.60 bits per heavy atom. The second-order valence-electron chi connectivity index (χ2n) is 4.48. The van der Waals surface area contributed by atoms with Gasteiger partial charge in [-0.15, -0.1) is 13.2 Å². The van der Waals surface area contributed by atoms with Crippen LogP contribution in [0.2, 0.25) is 0 Å². The highest BCUT2D eigenvalue weighted by molar-refractivity contribution is 7.55. The lowest BCUT2D eigenvalue weighted by Gasteiger charge is -2.32. The third-order valence-electron chi connectivity index (χ3n) is 2.53.